The van der Waals surface area contributed by atoms with Crippen LogP contribution in [0, 0.1) is 0 Å². The van der Waals surface area contributed by atoms with Gasteiger partial charge in [-0.15, -0.1) is 0 Å². The van der Waals surface area contributed by atoms with E-state index >= 15 is 0 Å². The highest BCUT2D eigenvalue weighted by Gasteiger charge is 2.21. The van der Waals surface area contributed by atoms with E-state index in [0.717, 1.165) is 15.8 Å². The first-order chi connectivity index (χ1) is 15.8. The van der Waals surface area contributed by atoms with E-state index in [2.05, 4.69) is 4.99 Å². The molecule has 170 valence electrons. The second-order valence-corrected chi connectivity index (χ2v) is 10.9. The van der Waals surface area contributed by atoms with Crippen molar-refractivity contribution in [2.45, 2.75) is 24.9 Å². The van der Waals surface area contributed by atoms with Crippen molar-refractivity contribution in [2.24, 2.45) is 4.99 Å². The molecule has 1 heterocycles. The van der Waals surface area contributed by atoms with Gasteiger partial charge in [0.1, 0.15) is 0 Å². The Morgan fingerprint density at radius 1 is 1.06 bits per heavy atom. The molecule has 0 aliphatic rings. The van der Waals surface area contributed by atoms with E-state index in [4.69, 9.17) is 11.6 Å². The Bertz CT molecular complexity index is 1480. The Morgan fingerprint density at radius 2 is 1.76 bits per heavy atom. The van der Waals surface area contributed by atoms with E-state index < -0.39 is 15.9 Å². The number of halogens is 1. The first-order valence-corrected chi connectivity index (χ1v) is 12.9. The van der Waals surface area contributed by atoms with Crippen LogP contribution in [0.25, 0.3) is 10.2 Å². The molecule has 0 spiro atoms. The van der Waals surface area contributed by atoms with Gasteiger partial charge < -0.3 is 4.57 Å². The molecule has 0 radical (unpaired) electrons. The number of carbonyl (C=O) groups is 1. The van der Waals surface area contributed by atoms with Gasteiger partial charge in [0.25, 0.3) is 5.91 Å². The molecule has 0 unspecified atom stereocenters. The number of hydrogen-bond acceptors (Lipinski definition) is 4. The predicted octanol–water partition coefficient (Wildman–Crippen LogP) is 4.94. The number of hydrogen-bond donors (Lipinski definition) is 0. The topological polar surface area (TPSA) is 71.7 Å². The SMILES string of the molecule is CCn1c(=NC(=O)c2ccc(S(=O)(=O)N(C)Cc3ccccc3)cc2)sc2cc(Cl)ccc21. The molecule has 0 saturated carbocycles. The van der Waals surface area contributed by atoms with E-state index in [9.17, 15) is 13.2 Å². The summed E-state index contributed by atoms with van der Waals surface area (Å²) in [6, 6.07) is 20.8. The highest BCUT2D eigenvalue weighted by molar-refractivity contribution is 7.89. The second-order valence-electron chi connectivity index (χ2n) is 7.43. The first-order valence-electron chi connectivity index (χ1n) is 10.3. The Hall–Kier alpha value is -2.78. The van der Waals surface area contributed by atoms with Gasteiger partial charge in [0.05, 0.1) is 15.1 Å². The van der Waals surface area contributed by atoms with Gasteiger partial charge in [-0.25, -0.2) is 8.42 Å². The molecule has 3 aromatic carbocycles. The molecule has 4 rings (SSSR count). The maximum absolute atomic E-state index is 12.9. The molecule has 0 atom stereocenters. The molecule has 33 heavy (non-hydrogen) atoms. The molecular formula is C24H22ClN3O3S2. The van der Waals surface area contributed by atoms with Crippen molar-refractivity contribution in [3.63, 3.8) is 0 Å². The van der Waals surface area contributed by atoms with Crippen molar-refractivity contribution in [1.29, 1.82) is 0 Å². The third kappa shape index (κ3) is 4.94. The molecule has 0 aliphatic heterocycles. The first kappa shape index (κ1) is 23.4. The number of rotatable bonds is 6. The molecule has 1 amide bonds. The zero-order chi connectivity index (χ0) is 23.6. The molecule has 6 nitrogen and oxygen atoms in total. The van der Waals surface area contributed by atoms with Gasteiger partial charge in [-0.2, -0.15) is 9.30 Å². The van der Waals surface area contributed by atoms with Crippen LogP contribution in [0.5, 0.6) is 0 Å². The maximum atomic E-state index is 12.9. The van der Waals surface area contributed by atoms with Gasteiger partial charge in [0.2, 0.25) is 10.0 Å². The lowest BCUT2D eigenvalue weighted by Gasteiger charge is -2.17. The molecule has 0 saturated heterocycles. The van der Waals surface area contributed by atoms with Crippen molar-refractivity contribution in [1.82, 2.24) is 8.87 Å². The summed E-state index contributed by atoms with van der Waals surface area (Å²) in [6.45, 7) is 2.89. The van der Waals surface area contributed by atoms with E-state index in [0.29, 0.717) is 21.9 Å². The summed E-state index contributed by atoms with van der Waals surface area (Å²) in [4.78, 5) is 17.8. The van der Waals surface area contributed by atoms with Crippen molar-refractivity contribution >= 4 is 49.1 Å². The van der Waals surface area contributed by atoms with Crippen molar-refractivity contribution < 1.29 is 13.2 Å². The van der Waals surface area contributed by atoms with E-state index in [1.807, 2.05) is 60.0 Å². The van der Waals surface area contributed by atoms with Crippen molar-refractivity contribution in [2.75, 3.05) is 7.05 Å². The van der Waals surface area contributed by atoms with Gasteiger partial charge in [0.15, 0.2) is 4.80 Å². The highest BCUT2D eigenvalue weighted by atomic mass is 35.5. The van der Waals surface area contributed by atoms with E-state index in [-0.39, 0.29) is 11.4 Å². The number of benzene rings is 3. The molecule has 4 aromatic rings. The lowest BCUT2D eigenvalue weighted by molar-refractivity contribution is 0.0997. The number of thiazole rings is 1. The molecule has 0 fully saturated rings. The Kier molecular flexibility index (Phi) is 6.81. The number of aryl methyl sites for hydroxylation is 1. The zero-order valence-corrected chi connectivity index (χ0v) is 20.5. The lowest BCUT2D eigenvalue weighted by Crippen LogP contribution is -2.26. The summed E-state index contributed by atoms with van der Waals surface area (Å²) in [5.74, 6) is -0.434. The minimum absolute atomic E-state index is 0.123. The second kappa shape index (κ2) is 9.61. The van der Waals surface area contributed by atoms with Crippen LogP contribution in [0.4, 0.5) is 0 Å². The monoisotopic (exact) mass is 499 g/mol. The smallest absolute Gasteiger partial charge is 0.279 e. The van der Waals surface area contributed by atoms with Gasteiger partial charge in [-0.3, -0.25) is 4.79 Å². The van der Waals surface area contributed by atoms with Crippen LogP contribution >= 0.6 is 22.9 Å². The fourth-order valence-corrected chi connectivity index (χ4v) is 5.99. The quantitative estimate of drug-likeness (QED) is 0.377. The Labute approximate surface area is 201 Å². The molecule has 0 N–H and O–H groups in total. The van der Waals surface area contributed by atoms with Gasteiger partial charge in [-0.1, -0.05) is 53.3 Å². The molecule has 0 aliphatic carbocycles. The summed E-state index contributed by atoms with van der Waals surface area (Å²) in [6.07, 6.45) is 0. The Balaban J connectivity index is 1.59. The number of fused-ring (bicyclic) bond motifs is 1. The summed E-state index contributed by atoms with van der Waals surface area (Å²) in [5, 5.41) is 0.624. The van der Waals surface area contributed by atoms with Crippen LogP contribution in [0.15, 0.2) is 82.7 Å². The number of amides is 1. The average Bonchev–Trinajstić information content (AvgIpc) is 3.15. The van der Waals surface area contributed by atoms with Crippen LogP contribution in [0.1, 0.15) is 22.8 Å². The third-order valence-corrected chi connectivity index (χ3v) is 8.31. The van der Waals surface area contributed by atoms with Gasteiger partial charge in [-0.05, 0) is 55.0 Å². The minimum Gasteiger partial charge on any atom is -0.317 e. The number of sulfonamides is 1. The summed E-state index contributed by atoms with van der Waals surface area (Å²) in [7, 11) is -2.16. The third-order valence-electron chi connectivity index (χ3n) is 5.22. The van der Waals surface area contributed by atoms with Crippen LogP contribution < -0.4 is 4.80 Å². The van der Waals surface area contributed by atoms with Gasteiger partial charge >= 0.3 is 0 Å². The minimum atomic E-state index is -3.69. The fraction of sp³-hybridized carbons (Fsp3) is 0.167. The molecule has 0 bridgehead atoms. The Morgan fingerprint density at radius 3 is 2.42 bits per heavy atom. The summed E-state index contributed by atoms with van der Waals surface area (Å²) >= 11 is 7.48. The zero-order valence-electron chi connectivity index (χ0n) is 18.1. The van der Waals surface area contributed by atoms with Gasteiger partial charge in [0, 0.05) is 30.7 Å². The van der Waals surface area contributed by atoms with Crippen LogP contribution in [0.2, 0.25) is 5.02 Å². The van der Waals surface area contributed by atoms with E-state index in [1.54, 1.807) is 0 Å². The predicted molar refractivity (Wildman–Crippen MR) is 132 cm³/mol. The fourth-order valence-electron chi connectivity index (χ4n) is 3.46. The van der Waals surface area contributed by atoms with Crippen molar-refractivity contribution in [3.05, 3.63) is 93.7 Å². The summed E-state index contributed by atoms with van der Waals surface area (Å²) < 4.78 is 30.0. The normalized spacial score (nSPS) is 12.5. The number of carbonyl (C=O) groups excluding carboxylic acids is 1. The number of nitrogens with zero attached hydrogens (tertiary/aromatic N) is 3. The standard InChI is InChI=1S/C24H22ClN3O3S2/c1-3-28-21-14-11-19(25)15-22(21)32-24(28)26-23(29)18-9-12-20(13-10-18)33(30,31)27(2)16-17-7-5-4-6-8-17/h4-15H,3,16H2,1-2H3. The highest BCUT2D eigenvalue weighted by Crippen LogP contribution is 2.22. The largest absolute Gasteiger partial charge is 0.317 e. The maximum Gasteiger partial charge on any atom is 0.279 e. The molecule has 9 heteroatoms. The average molecular weight is 500 g/mol. The van der Waals surface area contributed by atoms with Crippen LogP contribution in [-0.2, 0) is 23.1 Å². The van der Waals surface area contributed by atoms with E-state index in [1.165, 1.54) is 47.0 Å². The molecule has 1 aromatic heterocycles. The van der Waals surface area contributed by atoms with Crippen LogP contribution in [0.3, 0.4) is 0 Å². The lowest BCUT2D eigenvalue weighted by atomic mass is 10.2. The summed E-state index contributed by atoms with van der Waals surface area (Å²) in [5.41, 5.74) is 2.17. The van der Waals surface area contributed by atoms with Crippen molar-refractivity contribution in [3.8, 4) is 0 Å². The van der Waals surface area contributed by atoms with Crippen LogP contribution in [-0.4, -0.2) is 30.2 Å². The molecular weight excluding hydrogens is 478 g/mol. The number of aromatic nitrogens is 1.